The Morgan fingerprint density at radius 3 is 3.00 bits per heavy atom. The van der Waals surface area contributed by atoms with Gasteiger partial charge in [0, 0.05) is 36.9 Å². The summed E-state index contributed by atoms with van der Waals surface area (Å²) in [6.07, 6.45) is 6.21. The van der Waals surface area contributed by atoms with Gasteiger partial charge in [-0.3, -0.25) is 9.78 Å². The second-order valence-corrected chi connectivity index (χ2v) is 7.54. The van der Waals surface area contributed by atoms with Gasteiger partial charge >= 0.3 is 5.97 Å². The molecule has 0 saturated heterocycles. The molecule has 2 N–H and O–H groups in total. The predicted molar refractivity (Wildman–Crippen MR) is 110 cm³/mol. The topological polar surface area (TPSA) is 97.5 Å². The van der Waals surface area contributed by atoms with E-state index in [2.05, 4.69) is 10.3 Å². The Morgan fingerprint density at radius 1 is 1.41 bits per heavy atom. The second-order valence-electron chi connectivity index (χ2n) is 7.54. The van der Waals surface area contributed by atoms with Gasteiger partial charge in [0.1, 0.15) is 11.3 Å². The molecule has 2 heterocycles. The van der Waals surface area contributed by atoms with Gasteiger partial charge in [-0.1, -0.05) is 6.92 Å². The van der Waals surface area contributed by atoms with Crippen molar-refractivity contribution in [2.75, 3.05) is 19.0 Å². The molecular weight excluding hydrogens is 370 g/mol. The third-order valence-electron chi connectivity index (χ3n) is 5.77. The van der Waals surface area contributed by atoms with Gasteiger partial charge in [-0.25, -0.2) is 4.98 Å². The lowest BCUT2D eigenvalue weighted by Crippen LogP contribution is -2.23. The van der Waals surface area contributed by atoms with Crippen molar-refractivity contribution < 1.29 is 19.1 Å². The Bertz CT molecular complexity index is 1030. The average molecular weight is 395 g/mol. The van der Waals surface area contributed by atoms with Gasteiger partial charge < -0.3 is 19.6 Å². The van der Waals surface area contributed by atoms with Crippen LogP contribution in [0, 0.1) is 5.41 Å². The first kappa shape index (κ1) is 19.4. The summed E-state index contributed by atoms with van der Waals surface area (Å²) >= 11 is 0. The fraction of sp³-hybridized carbons (Fsp3) is 0.409. The number of methoxy groups -OCH3 is 1. The van der Waals surface area contributed by atoms with Crippen LogP contribution in [0.15, 0.2) is 41.1 Å². The zero-order chi connectivity index (χ0) is 20.4. The SMILES string of the molecule is CCC1(C(=O)O)CC1Nc1nc(CCCOC)cnc1-c1ccc2occc2c1. The van der Waals surface area contributed by atoms with Gasteiger partial charge in [-0.15, -0.1) is 0 Å². The number of nitrogens with zero attached hydrogens (tertiary/aromatic N) is 2. The maximum absolute atomic E-state index is 11.7. The summed E-state index contributed by atoms with van der Waals surface area (Å²) in [4.78, 5) is 21.2. The first-order valence-electron chi connectivity index (χ1n) is 9.90. The number of nitrogens with one attached hydrogen (secondary N) is 1. The normalized spacial score (nSPS) is 20.7. The predicted octanol–water partition coefficient (Wildman–Crippen LogP) is 4.13. The van der Waals surface area contributed by atoms with Crippen molar-refractivity contribution in [3.05, 3.63) is 42.4 Å². The standard InChI is InChI=1S/C22H25N3O4/c1-3-22(21(26)27)12-18(22)25-20-19(23-13-16(24-20)5-4-9-28-2)15-6-7-17-14(11-15)8-10-29-17/h6-8,10-11,13,18H,3-5,9,12H2,1-2H3,(H,24,25)(H,26,27). The van der Waals surface area contributed by atoms with E-state index in [9.17, 15) is 9.90 Å². The number of hydrogen-bond donors (Lipinski definition) is 2. The van der Waals surface area contributed by atoms with E-state index in [4.69, 9.17) is 14.1 Å². The molecule has 3 aromatic rings. The number of carbonyl (C=O) groups is 1. The minimum atomic E-state index is -0.761. The van der Waals surface area contributed by atoms with Crippen LogP contribution < -0.4 is 5.32 Å². The monoisotopic (exact) mass is 395 g/mol. The smallest absolute Gasteiger partial charge is 0.311 e. The molecule has 4 rings (SSSR count). The number of ether oxygens (including phenoxy) is 1. The van der Waals surface area contributed by atoms with Gasteiger partial charge in [0.15, 0.2) is 5.82 Å². The summed E-state index contributed by atoms with van der Waals surface area (Å²) in [5.41, 5.74) is 2.57. The largest absolute Gasteiger partial charge is 0.481 e. The first-order chi connectivity index (χ1) is 14.1. The van der Waals surface area contributed by atoms with Crippen LogP contribution in [0.2, 0.25) is 0 Å². The maximum atomic E-state index is 11.7. The van der Waals surface area contributed by atoms with E-state index in [1.165, 1.54) is 0 Å². The molecule has 2 aromatic heterocycles. The van der Waals surface area contributed by atoms with Crippen molar-refractivity contribution in [2.45, 2.75) is 38.6 Å². The van der Waals surface area contributed by atoms with Crippen LogP contribution in [0.5, 0.6) is 0 Å². The number of hydrogen-bond acceptors (Lipinski definition) is 6. The summed E-state index contributed by atoms with van der Waals surface area (Å²) < 4.78 is 10.6. The Hall–Kier alpha value is -2.93. The zero-order valence-corrected chi connectivity index (χ0v) is 16.6. The number of rotatable bonds is 9. The summed E-state index contributed by atoms with van der Waals surface area (Å²) in [7, 11) is 1.68. The van der Waals surface area contributed by atoms with Gasteiger partial charge in [-0.2, -0.15) is 0 Å². The molecular formula is C22H25N3O4. The molecule has 0 bridgehead atoms. The van der Waals surface area contributed by atoms with Crippen LogP contribution >= 0.6 is 0 Å². The van der Waals surface area contributed by atoms with E-state index >= 15 is 0 Å². The summed E-state index contributed by atoms with van der Waals surface area (Å²) in [5.74, 6) is -0.132. The Labute approximate surface area is 169 Å². The number of aliphatic carboxylic acids is 1. The van der Waals surface area contributed by atoms with E-state index in [-0.39, 0.29) is 6.04 Å². The first-order valence-corrected chi connectivity index (χ1v) is 9.90. The highest BCUT2D eigenvalue weighted by atomic mass is 16.5. The summed E-state index contributed by atoms with van der Waals surface area (Å²) in [6.45, 7) is 2.57. The van der Waals surface area contributed by atoms with Crippen LogP contribution in [0.3, 0.4) is 0 Å². The summed E-state index contributed by atoms with van der Waals surface area (Å²) in [5, 5.41) is 14.0. The van der Waals surface area contributed by atoms with Crippen molar-refractivity contribution in [3.8, 4) is 11.3 Å². The van der Waals surface area contributed by atoms with Crippen LogP contribution in [0.25, 0.3) is 22.2 Å². The molecule has 0 amide bonds. The molecule has 152 valence electrons. The lowest BCUT2D eigenvalue weighted by molar-refractivity contribution is -0.143. The van der Waals surface area contributed by atoms with Gasteiger partial charge in [0.25, 0.3) is 0 Å². The highest BCUT2D eigenvalue weighted by molar-refractivity contribution is 5.86. The van der Waals surface area contributed by atoms with Crippen molar-refractivity contribution >= 4 is 22.8 Å². The highest BCUT2D eigenvalue weighted by Crippen LogP contribution is 2.51. The molecule has 2 atom stereocenters. The second kappa shape index (κ2) is 7.83. The van der Waals surface area contributed by atoms with Crippen molar-refractivity contribution in [2.24, 2.45) is 5.41 Å². The Kier molecular flexibility index (Phi) is 5.24. The molecule has 1 fully saturated rings. The Morgan fingerprint density at radius 2 is 2.28 bits per heavy atom. The number of furan rings is 1. The van der Waals surface area contributed by atoms with Crippen LogP contribution in [0.1, 0.15) is 31.9 Å². The molecule has 1 aliphatic carbocycles. The van der Waals surface area contributed by atoms with Crippen molar-refractivity contribution in [3.63, 3.8) is 0 Å². The molecule has 0 spiro atoms. The fourth-order valence-electron chi connectivity index (χ4n) is 3.81. The van der Waals surface area contributed by atoms with Crippen molar-refractivity contribution in [1.29, 1.82) is 0 Å². The average Bonchev–Trinajstić information content (AvgIpc) is 3.24. The van der Waals surface area contributed by atoms with E-state index in [0.717, 1.165) is 35.1 Å². The highest BCUT2D eigenvalue weighted by Gasteiger charge is 2.59. The lowest BCUT2D eigenvalue weighted by Gasteiger charge is -2.15. The van der Waals surface area contributed by atoms with Gasteiger partial charge in [0.05, 0.1) is 17.4 Å². The number of aromatic nitrogens is 2. The Balaban J connectivity index is 1.67. The number of carboxylic acids is 1. The number of aryl methyl sites for hydroxylation is 1. The molecule has 29 heavy (non-hydrogen) atoms. The summed E-state index contributed by atoms with van der Waals surface area (Å²) in [6, 6.07) is 7.63. The molecule has 1 aromatic carbocycles. The van der Waals surface area contributed by atoms with E-state index in [0.29, 0.717) is 31.0 Å². The minimum Gasteiger partial charge on any atom is -0.481 e. The fourth-order valence-corrected chi connectivity index (χ4v) is 3.81. The number of carboxylic acid groups (broad SMARTS) is 1. The van der Waals surface area contributed by atoms with Crippen molar-refractivity contribution in [1.82, 2.24) is 9.97 Å². The van der Waals surface area contributed by atoms with E-state index in [1.807, 2.05) is 31.2 Å². The number of fused-ring (bicyclic) bond motifs is 1. The third-order valence-corrected chi connectivity index (χ3v) is 5.77. The van der Waals surface area contributed by atoms with E-state index in [1.54, 1.807) is 19.6 Å². The molecule has 0 aliphatic heterocycles. The molecule has 7 nitrogen and oxygen atoms in total. The molecule has 7 heteroatoms. The zero-order valence-electron chi connectivity index (χ0n) is 16.6. The molecule has 1 saturated carbocycles. The third kappa shape index (κ3) is 3.70. The van der Waals surface area contributed by atoms with Gasteiger partial charge in [-0.05, 0) is 49.9 Å². The molecule has 0 radical (unpaired) electrons. The molecule has 2 unspecified atom stereocenters. The van der Waals surface area contributed by atoms with Crippen LogP contribution in [-0.2, 0) is 16.0 Å². The lowest BCUT2D eigenvalue weighted by atomic mass is 10.0. The van der Waals surface area contributed by atoms with E-state index < -0.39 is 11.4 Å². The van der Waals surface area contributed by atoms with Crippen LogP contribution in [0.4, 0.5) is 5.82 Å². The minimum absolute atomic E-state index is 0.148. The quantitative estimate of drug-likeness (QED) is 0.526. The van der Waals surface area contributed by atoms with Gasteiger partial charge in [0.2, 0.25) is 0 Å². The number of anilines is 1. The number of benzene rings is 1. The maximum Gasteiger partial charge on any atom is 0.311 e. The molecule has 1 aliphatic rings. The van der Waals surface area contributed by atoms with Crippen LogP contribution in [-0.4, -0.2) is 40.8 Å².